The molecule has 1 aromatic carbocycles. The van der Waals surface area contributed by atoms with Crippen LogP contribution in [0.4, 0.5) is 0 Å². The molecule has 0 radical (unpaired) electrons. The average Bonchev–Trinajstić information content (AvgIpc) is 3.14. The van der Waals surface area contributed by atoms with E-state index in [0.717, 1.165) is 30.9 Å². The topological polar surface area (TPSA) is 38.9 Å². The fourth-order valence-corrected chi connectivity index (χ4v) is 2.81. The van der Waals surface area contributed by atoms with Gasteiger partial charge in [0.25, 0.3) is 0 Å². The summed E-state index contributed by atoms with van der Waals surface area (Å²) in [5.41, 5.74) is 4.70. The van der Waals surface area contributed by atoms with Crippen LogP contribution in [0.15, 0.2) is 48.9 Å². The van der Waals surface area contributed by atoms with Gasteiger partial charge in [-0.25, -0.2) is 0 Å². The Labute approximate surface area is 137 Å². The first-order valence-corrected chi connectivity index (χ1v) is 7.93. The number of aryl methyl sites for hydroxylation is 2. The Morgan fingerprint density at radius 1 is 1.09 bits per heavy atom. The van der Waals surface area contributed by atoms with Crippen molar-refractivity contribution >= 4 is 0 Å². The summed E-state index contributed by atoms with van der Waals surface area (Å²) in [4.78, 5) is 2.29. The maximum absolute atomic E-state index is 4.63. The van der Waals surface area contributed by atoms with Crippen LogP contribution in [0.1, 0.15) is 18.1 Å². The Bertz CT molecular complexity index is 757. The number of rotatable bonds is 6. The zero-order valence-corrected chi connectivity index (χ0v) is 14.0. The first-order valence-electron chi connectivity index (χ1n) is 7.93. The van der Waals surface area contributed by atoms with E-state index in [0.29, 0.717) is 0 Å². The molecule has 0 unspecified atom stereocenters. The van der Waals surface area contributed by atoms with Gasteiger partial charge in [0, 0.05) is 55.8 Å². The van der Waals surface area contributed by atoms with E-state index < -0.39 is 0 Å². The molecule has 0 saturated carbocycles. The molecule has 0 bridgehead atoms. The molecule has 120 valence electrons. The molecule has 5 nitrogen and oxygen atoms in total. The van der Waals surface area contributed by atoms with Crippen molar-refractivity contribution in [1.82, 2.24) is 24.5 Å². The van der Waals surface area contributed by atoms with E-state index in [1.54, 1.807) is 0 Å². The molecule has 0 aliphatic carbocycles. The molecule has 5 heteroatoms. The molecular formula is C18H23N5. The van der Waals surface area contributed by atoms with Crippen molar-refractivity contribution in [3.05, 3.63) is 60.0 Å². The molecule has 0 aliphatic rings. The van der Waals surface area contributed by atoms with Crippen LogP contribution < -0.4 is 0 Å². The van der Waals surface area contributed by atoms with Gasteiger partial charge in [0.2, 0.25) is 0 Å². The maximum atomic E-state index is 4.63. The van der Waals surface area contributed by atoms with Gasteiger partial charge in [-0.3, -0.25) is 14.3 Å². The van der Waals surface area contributed by atoms with Gasteiger partial charge in [0.1, 0.15) is 0 Å². The number of nitrogens with zero attached hydrogens (tertiary/aromatic N) is 5. The first kappa shape index (κ1) is 15.5. The van der Waals surface area contributed by atoms with Gasteiger partial charge < -0.3 is 0 Å². The van der Waals surface area contributed by atoms with Crippen molar-refractivity contribution in [1.29, 1.82) is 0 Å². The summed E-state index contributed by atoms with van der Waals surface area (Å²) in [5, 5.41) is 8.97. The van der Waals surface area contributed by atoms with E-state index in [4.69, 9.17) is 0 Å². The molecule has 0 saturated heterocycles. The minimum absolute atomic E-state index is 0.857. The van der Waals surface area contributed by atoms with Gasteiger partial charge in [-0.15, -0.1) is 0 Å². The molecule has 0 atom stereocenters. The van der Waals surface area contributed by atoms with Gasteiger partial charge in [-0.2, -0.15) is 10.2 Å². The Morgan fingerprint density at radius 2 is 1.87 bits per heavy atom. The highest BCUT2D eigenvalue weighted by Crippen LogP contribution is 2.23. The Balaban J connectivity index is 1.75. The summed E-state index contributed by atoms with van der Waals surface area (Å²) in [6, 6.07) is 10.4. The van der Waals surface area contributed by atoms with Crippen LogP contribution in [0.3, 0.4) is 0 Å². The molecule has 0 N–H and O–H groups in total. The molecule has 0 aliphatic heterocycles. The maximum Gasteiger partial charge on any atom is 0.0968 e. The second kappa shape index (κ2) is 6.79. The van der Waals surface area contributed by atoms with Crippen molar-refractivity contribution in [2.75, 3.05) is 7.05 Å². The third kappa shape index (κ3) is 3.68. The fraction of sp³-hybridized carbons (Fsp3) is 0.333. The van der Waals surface area contributed by atoms with Crippen molar-refractivity contribution in [2.45, 2.75) is 26.6 Å². The smallest absolute Gasteiger partial charge is 0.0968 e. The largest absolute Gasteiger partial charge is 0.298 e. The highest BCUT2D eigenvalue weighted by molar-refractivity contribution is 5.62. The molecule has 3 rings (SSSR count). The third-order valence-corrected chi connectivity index (χ3v) is 3.86. The molecule has 2 aromatic heterocycles. The third-order valence-electron chi connectivity index (χ3n) is 3.86. The Kier molecular flexibility index (Phi) is 4.57. The van der Waals surface area contributed by atoms with E-state index in [2.05, 4.69) is 65.7 Å². The van der Waals surface area contributed by atoms with E-state index in [1.165, 1.54) is 11.1 Å². The van der Waals surface area contributed by atoms with Crippen molar-refractivity contribution < 1.29 is 0 Å². The summed E-state index contributed by atoms with van der Waals surface area (Å²) in [6.07, 6.45) is 6.16. The minimum atomic E-state index is 0.857. The summed E-state index contributed by atoms with van der Waals surface area (Å²) in [5.74, 6) is 0. The van der Waals surface area contributed by atoms with Gasteiger partial charge >= 0.3 is 0 Å². The van der Waals surface area contributed by atoms with Crippen LogP contribution in [-0.2, 0) is 26.7 Å². The van der Waals surface area contributed by atoms with Gasteiger partial charge in [0.05, 0.1) is 11.9 Å². The lowest BCUT2D eigenvalue weighted by Crippen LogP contribution is -2.17. The SMILES string of the molecule is CCn1cc(CN(C)Cc2cn(C)nc2-c2ccccc2)cn1. The van der Waals surface area contributed by atoms with Gasteiger partial charge in [-0.1, -0.05) is 30.3 Å². The summed E-state index contributed by atoms with van der Waals surface area (Å²) >= 11 is 0. The van der Waals surface area contributed by atoms with E-state index in [9.17, 15) is 0 Å². The highest BCUT2D eigenvalue weighted by Gasteiger charge is 2.12. The zero-order valence-electron chi connectivity index (χ0n) is 14.0. The molecular weight excluding hydrogens is 286 g/mol. The van der Waals surface area contributed by atoms with Crippen LogP contribution in [0.25, 0.3) is 11.3 Å². The second-order valence-corrected chi connectivity index (χ2v) is 5.92. The highest BCUT2D eigenvalue weighted by atomic mass is 15.3. The van der Waals surface area contributed by atoms with Crippen LogP contribution in [-0.4, -0.2) is 31.5 Å². The molecule has 23 heavy (non-hydrogen) atoms. The molecule has 0 spiro atoms. The Morgan fingerprint density at radius 3 is 2.57 bits per heavy atom. The minimum Gasteiger partial charge on any atom is -0.298 e. The normalized spacial score (nSPS) is 11.3. The summed E-state index contributed by atoms with van der Waals surface area (Å²) in [6.45, 7) is 4.74. The molecule has 0 amide bonds. The predicted octanol–water partition coefficient (Wildman–Crippen LogP) is 2.94. The number of hydrogen-bond donors (Lipinski definition) is 0. The van der Waals surface area contributed by atoms with Crippen LogP contribution >= 0.6 is 0 Å². The molecule has 3 aromatic rings. The average molecular weight is 309 g/mol. The number of benzene rings is 1. The van der Waals surface area contributed by atoms with E-state index in [1.807, 2.05) is 28.7 Å². The van der Waals surface area contributed by atoms with Crippen molar-refractivity contribution in [2.24, 2.45) is 7.05 Å². The second-order valence-electron chi connectivity index (χ2n) is 5.92. The predicted molar refractivity (Wildman–Crippen MR) is 91.7 cm³/mol. The standard InChI is InChI=1S/C18H23N5/c1-4-23-12-15(10-19-23)11-21(2)13-17-14-22(3)20-18(17)16-8-6-5-7-9-16/h5-10,12,14H,4,11,13H2,1-3H3. The van der Waals surface area contributed by atoms with Crippen LogP contribution in [0, 0.1) is 0 Å². The quantitative estimate of drug-likeness (QED) is 0.703. The lowest BCUT2D eigenvalue weighted by atomic mass is 10.1. The fourth-order valence-electron chi connectivity index (χ4n) is 2.81. The van der Waals surface area contributed by atoms with Crippen LogP contribution in [0.2, 0.25) is 0 Å². The van der Waals surface area contributed by atoms with Crippen molar-refractivity contribution in [3.8, 4) is 11.3 Å². The zero-order chi connectivity index (χ0) is 16.2. The van der Waals surface area contributed by atoms with E-state index in [-0.39, 0.29) is 0 Å². The monoisotopic (exact) mass is 309 g/mol. The summed E-state index contributed by atoms with van der Waals surface area (Å²) in [7, 11) is 4.10. The molecule has 0 fully saturated rings. The number of hydrogen-bond acceptors (Lipinski definition) is 3. The Hall–Kier alpha value is -2.40. The lowest BCUT2D eigenvalue weighted by Gasteiger charge is -2.15. The van der Waals surface area contributed by atoms with Gasteiger partial charge in [0.15, 0.2) is 0 Å². The number of aromatic nitrogens is 4. The summed E-state index contributed by atoms with van der Waals surface area (Å²) < 4.78 is 3.85. The first-order chi connectivity index (χ1) is 11.2. The van der Waals surface area contributed by atoms with Gasteiger partial charge in [-0.05, 0) is 14.0 Å². The lowest BCUT2D eigenvalue weighted by molar-refractivity contribution is 0.319. The van der Waals surface area contributed by atoms with E-state index >= 15 is 0 Å². The molecule has 2 heterocycles. The van der Waals surface area contributed by atoms with Crippen molar-refractivity contribution in [3.63, 3.8) is 0 Å². The van der Waals surface area contributed by atoms with Crippen LogP contribution in [0.5, 0.6) is 0 Å².